The molecule has 0 fully saturated rings. The Balaban J connectivity index is 1.42. The smallest absolute Gasteiger partial charge is 0.228 e. The van der Waals surface area contributed by atoms with E-state index in [1.807, 2.05) is 56.3 Å². The molecule has 31 heavy (non-hydrogen) atoms. The predicted octanol–water partition coefficient (Wildman–Crippen LogP) is 5.31. The number of benzene rings is 1. The van der Waals surface area contributed by atoms with Gasteiger partial charge in [0.05, 0.1) is 29.7 Å². The van der Waals surface area contributed by atoms with Crippen LogP contribution in [0.5, 0.6) is 0 Å². The van der Waals surface area contributed by atoms with Crippen LogP contribution in [0.1, 0.15) is 22.4 Å². The molecular formula is C26H24N4O. The summed E-state index contributed by atoms with van der Waals surface area (Å²) in [6, 6.07) is 17.9. The Morgan fingerprint density at radius 1 is 0.871 bits per heavy atom. The number of nitrogens with one attached hydrogen (secondary N) is 1. The van der Waals surface area contributed by atoms with Crippen LogP contribution in [-0.2, 0) is 11.2 Å². The number of amides is 1. The molecule has 0 spiro atoms. The van der Waals surface area contributed by atoms with Gasteiger partial charge in [0, 0.05) is 29.2 Å². The van der Waals surface area contributed by atoms with Crippen LogP contribution in [-0.4, -0.2) is 20.9 Å². The minimum absolute atomic E-state index is 0.0983. The molecule has 0 saturated heterocycles. The molecule has 0 aliphatic heterocycles. The Morgan fingerprint density at radius 3 is 2.45 bits per heavy atom. The molecule has 4 aromatic rings. The second-order valence-electron chi connectivity index (χ2n) is 7.72. The first-order chi connectivity index (χ1) is 15.0. The second-order valence-corrected chi connectivity index (χ2v) is 7.72. The molecule has 0 aliphatic rings. The highest BCUT2D eigenvalue weighted by molar-refractivity contribution is 5.92. The molecule has 0 radical (unpaired) electrons. The summed E-state index contributed by atoms with van der Waals surface area (Å²) in [7, 11) is 0. The van der Waals surface area contributed by atoms with Gasteiger partial charge in [-0.3, -0.25) is 19.7 Å². The van der Waals surface area contributed by atoms with Crippen LogP contribution in [0.3, 0.4) is 0 Å². The van der Waals surface area contributed by atoms with E-state index in [0.717, 1.165) is 39.3 Å². The van der Waals surface area contributed by atoms with Crippen LogP contribution in [0.2, 0.25) is 0 Å². The van der Waals surface area contributed by atoms with Gasteiger partial charge in [-0.1, -0.05) is 29.8 Å². The van der Waals surface area contributed by atoms with E-state index in [9.17, 15) is 4.79 Å². The zero-order valence-electron chi connectivity index (χ0n) is 17.9. The molecule has 3 heterocycles. The maximum Gasteiger partial charge on any atom is 0.228 e. The van der Waals surface area contributed by atoms with Crippen LogP contribution in [0.4, 0.5) is 5.69 Å². The third kappa shape index (κ3) is 5.01. The molecule has 5 nitrogen and oxygen atoms in total. The van der Waals surface area contributed by atoms with Gasteiger partial charge in [-0.25, -0.2) is 0 Å². The van der Waals surface area contributed by atoms with Crippen molar-refractivity contribution in [2.45, 2.75) is 27.2 Å². The van der Waals surface area contributed by atoms with Gasteiger partial charge in [-0.2, -0.15) is 0 Å². The number of carbonyl (C=O) groups is 1. The van der Waals surface area contributed by atoms with E-state index in [0.29, 0.717) is 5.69 Å². The van der Waals surface area contributed by atoms with Crippen molar-refractivity contribution in [3.05, 3.63) is 95.6 Å². The van der Waals surface area contributed by atoms with Crippen molar-refractivity contribution < 1.29 is 4.79 Å². The Morgan fingerprint density at radius 2 is 1.74 bits per heavy atom. The van der Waals surface area contributed by atoms with Crippen molar-refractivity contribution in [2.75, 3.05) is 5.32 Å². The fourth-order valence-corrected chi connectivity index (χ4v) is 3.56. The van der Waals surface area contributed by atoms with Gasteiger partial charge < -0.3 is 5.32 Å². The summed E-state index contributed by atoms with van der Waals surface area (Å²) in [5.74, 6) is -0.0983. The van der Waals surface area contributed by atoms with Crippen molar-refractivity contribution >= 4 is 11.6 Å². The lowest BCUT2D eigenvalue weighted by Gasteiger charge is -2.09. The first kappa shape index (κ1) is 20.4. The summed E-state index contributed by atoms with van der Waals surface area (Å²) in [5.41, 5.74) is 8.58. The summed E-state index contributed by atoms with van der Waals surface area (Å²) in [6.45, 7) is 6.02. The topological polar surface area (TPSA) is 67.8 Å². The van der Waals surface area contributed by atoms with Gasteiger partial charge in [-0.05, 0) is 62.2 Å². The number of aryl methyl sites for hydroxylation is 3. The summed E-state index contributed by atoms with van der Waals surface area (Å²) < 4.78 is 0. The van der Waals surface area contributed by atoms with E-state index < -0.39 is 0 Å². The molecule has 1 aromatic carbocycles. The molecular weight excluding hydrogens is 384 g/mol. The number of nitrogens with zero attached hydrogens (tertiary/aromatic N) is 3. The van der Waals surface area contributed by atoms with E-state index in [1.165, 1.54) is 5.56 Å². The molecule has 0 unspecified atom stereocenters. The number of hydrogen-bond donors (Lipinski definition) is 1. The Kier molecular flexibility index (Phi) is 5.85. The van der Waals surface area contributed by atoms with Crippen molar-refractivity contribution in [2.24, 2.45) is 0 Å². The summed E-state index contributed by atoms with van der Waals surface area (Å²) >= 11 is 0. The fourth-order valence-electron chi connectivity index (χ4n) is 3.56. The first-order valence-corrected chi connectivity index (χ1v) is 10.2. The molecule has 3 aromatic heterocycles. The standard InChI is InChI=1S/C26H24N4O/c1-17-5-4-6-21(11-17)24-8-7-23(16-28-24)30-25(31)14-20-12-18(2)26(29-15-20)22-9-10-27-19(3)13-22/h4-13,15-16H,14H2,1-3H3,(H,30,31). The SMILES string of the molecule is Cc1cccc(-c2ccc(NC(=O)Cc3cnc(-c4ccnc(C)c4)c(C)c3)cn2)c1. The maximum absolute atomic E-state index is 12.5. The summed E-state index contributed by atoms with van der Waals surface area (Å²) in [4.78, 5) is 25.8. The van der Waals surface area contributed by atoms with Crippen molar-refractivity contribution in [3.63, 3.8) is 0 Å². The number of anilines is 1. The molecule has 0 aliphatic carbocycles. The average molecular weight is 409 g/mol. The Bertz CT molecular complexity index is 1230. The number of aromatic nitrogens is 3. The van der Waals surface area contributed by atoms with Gasteiger partial charge in [0.1, 0.15) is 0 Å². The van der Waals surface area contributed by atoms with Gasteiger partial charge in [0.25, 0.3) is 0 Å². The van der Waals surface area contributed by atoms with Crippen molar-refractivity contribution in [1.29, 1.82) is 0 Å². The quantitative estimate of drug-likeness (QED) is 0.486. The van der Waals surface area contributed by atoms with E-state index in [1.54, 1.807) is 18.6 Å². The number of rotatable bonds is 5. The molecule has 0 saturated carbocycles. The summed E-state index contributed by atoms with van der Waals surface area (Å²) in [6.07, 6.45) is 5.49. The fraction of sp³-hybridized carbons (Fsp3) is 0.154. The largest absolute Gasteiger partial charge is 0.324 e. The van der Waals surface area contributed by atoms with Gasteiger partial charge >= 0.3 is 0 Å². The number of hydrogen-bond acceptors (Lipinski definition) is 4. The van der Waals surface area contributed by atoms with Crippen LogP contribution >= 0.6 is 0 Å². The van der Waals surface area contributed by atoms with Crippen molar-refractivity contribution in [1.82, 2.24) is 15.0 Å². The lowest BCUT2D eigenvalue weighted by Crippen LogP contribution is -2.15. The second kappa shape index (κ2) is 8.88. The lowest BCUT2D eigenvalue weighted by atomic mass is 10.0. The Labute approximate surface area is 182 Å². The number of carbonyl (C=O) groups excluding carboxylic acids is 1. The monoisotopic (exact) mass is 408 g/mol. The highest BCUT2D eigenvalue weighted by Crippen LogP contribution is 2.23. The van der Waals surface area contributed by atoms with Gasteiger partial charge in [0.15, 0.2) is 0 Å². The van der Waals surface area contributed by atoms with E-state index >= 15 is 0 Å². The Hall–Kier alpha value is -3.86. The molecule has 154 valence electrons. The molecule has 0 atom stereocenters. The predicted molar refractivity (Wildman–Crippen MR) is 124 cm³/mol. The first-order valence-electron chi connectivity index (χ1n) is 10.2. The van der Waals surface area contributed by atoms with Crippen LogP contribution in [0.15, 0.2) is 73.2 Å². The maximum atomic E-state index is 12.5. The third-order valence-corrected chi connectivity index (χ3v) is 5.03. The zero-order valence-corrected chi connectivity index (χ0v) is 17.9. The van der Waals surface area contributed by atoms with E-state index in [2.05, 4.69) is 39.3 Å². The minimum atomic E-state index is -0.0983. The molecule has 4 rings (SSSR count). The highest BCUT2D eigenvalue weighted by atomic mass is 16.1. The van der Waals surface area contributed by atoms with Crippen LogP contribution in [0, 0.1) is 20.8 Å². The highest BCUT2D eigenvalue weighted by Gasteiger charge is 2.09. The van der Waals surface area contributed by atoms with Gasteiger partial charge in [-0.15, -0.1) is 0 Å². The van der Waals surface area contributed by atoms with E-state index in [-0.39, 0.29) is 12.3 Å². The molecule has 5 heteroatoms. The van der Waals surface area contributed by atoms with E-state index in [4.69, 9.17) is 0 Å². The normalized spacial score (nSPS) is 10.7. The van der Waals surface area contributed by atoms with Crippen LogP contribution < -0.4 is 5.32 Å². The molecule has 0 bridgehead atoms. The number of pyridine rings is 3. The van der Waals surface area contributed by atoms with Crippen LogP contribution in [0.25, 0.3) is 22.5 Å². The zero-order chi connectivity index (χ0) is 21.8. The lowest BCUT2D eigenvalue weighted by molar-refractivity contribution is -0.115. The van der Waals surface area contributed by atoms with Crippen molar-refractivity contribution in [3.8, 4) is 22.5 Å². The van der Waals surface area contributed by atoms with Gasteiger partial charge in [0.2, 0.25) is 5.91 Å². The molecule has 1 N–H and O–H groups in total. The summed E-state index contributed by atoms with van der Waals surface area (Å²) in [5, 5.41) is 2.92. The minimum Gasteiger partial charge on any atom is -0.324 e. The molecule has 1 amide bonds. The average Bonchev–Trinajstić information content (AvgIpc) is 2.74. The third-order valence-electron chi connectivity index (χ3n) is 5.03.